The Hall–Kier alpha value is -0.150. The number of halogens is 1. The van der Waals surface area contributed by atoms with Gasteiger partial charge in [-0.05, 0) is 71.0 Å². The number of rotatable bonds is 5. The van der Waals surface area contributed by atoms with Crippen molar-refractivity contribution in [3.05, 3.63) is 0 Å². The first-order chi connectivity index (χ1) is 8.79. The van der Waals surface area contributed by atoms with E-state index in [1.165, 1.54) is 38.8 Å². The molecule has 1 N–H and O–H groups in total. The second-order valence-corrected chi connectivity index (χ2v) is 6.16. The lowest BCUT2D eigenvalue weighted by atomic mass is 9.83. The van der Waals surface area contributed by atoms with Crippen LogP contribution in [0.2, 0.25) is 0 Å². The highest BCUT2D eigenvalue weighted by molar-refractivity contribution is 4.82. The van der Waals surface area contributed by atoms with Crippen LogP contribution in [0.25, 0.3) is 0 Å². The normalized spacial score (nSPS) is 32.3. The Labute approximate surface area is 111 Å². The minimum absolute atomic E-state index is 0.515. The van der Waals surface area contributed by atoms with E-state index in [1.807, 2.05) is 0 Å². The average molecular weight is 256 g/mol. The highest BCUT2D eigenvalue weighted by Gasteiger charge is 2.26. The lowest BCUT2D eigenvalue weighted by Gasteiger charge is -2.37. The zero-order valence-electron chi connectivity index (χ0n) is 11.8. The van der Waals surface area contributed by atoms with Crippen molar-refractivity contribution < 1.29 is 4.39 Å². The van der Waals surface area contributed by atoms with Gasteiger partial charge in [-0.15, -0.1) is 0 Å². The molecule has 1 atom stereocenters. The third-order valence-corrected chi connectivity index (χ3v) is 4.73. The van der Waals surface area contributed by atoms with Crippen LogP contribution in [0.5, 0.6) is 0 Å². The SMILES string of the molecule is CNCC(CC1CCC(F)CC1)N1CCCCC1. The molecule has 0 aromatic carbocycles. The van der Waals surface area contributed by atoms with Gasteiger partial charge in [-0.2, -0.15) is 0 Å². The molecule has 0 radical (unpaired) electrons. The van der Waals surface area contributed by atoms with Crippen LogP contribution in [0.4, 0.5) is 4.39 Å². The third-order valence-electron chi connectivity index (χ3n) is 4.73. The molecular formula is C15H29FN2. The van der Waals surface area contributed by atoms with Crippen molar-refractivity contribution in [1.82, 2.24) is 10.2 Å². The van der Waals surface area contributed by atoms with Crippen molar-refractivity contribution in [3.8, 4) is 0 Å². The molecule has 2 nitrogen and oxygen atoms in total. The quantitative estimate of drug-likeness (QED) is 0.813. The van der Waals surface area contributed by atoms with Gasteiger partial charge in [0.2, 0.25) is 0 Å². The lowest BCUT2D eigenvalue weighted by Crippen LogP contribution is -2.45. The van der Waals surface area contributed by atoms with Crippen LogP contribution in [0.15, 0.2) is 0 Å². The number of hydrogen-bond acceptors (Lipinski definition) is 2. The van der Waals surface area contributed by atoms with Crippen molar-refractivity contribution in [2.24, 2.45) is 5.92 Å². The van der Waals surface area contributed by atoms with Gasteiger partial charge in [0.25, 0.3) is 0 Å². The monoisotopic (exact) mass is 256 g/mol. The fourth-order valence-electron chi connectivity index (χ4n) is 3.62. The van der Waals surface area contributed by atoms with Gasteiger partial charge in [0, 0.05) is 12.6 Å². The van der Waals surface area contributed by atoms with Gasteiger partial charge in [-0.1, -0.05) is 6.42 Å². The maximum Gasteiger partial charge on any atom is 0.100 e. The predicted octanol–water partition coefficient (Wildman–Crippen LogP) is 2.98. The van der Waals surface area contributed by atoms with Crippen molar-refractivity contribution in [3.63, 3.8) is 0 Å². The summed E-state index contributed by atoms with van der Waals surface area (Å²) in [5, 5.41) is 3.35. The first kappa shape index (κ1) is 14.3. The molecule has 1 saturated heterocycles. The summed E-state index contributed by atoms with van der Waals surface area (Å²) in [5.74, 6) is 0.761. The Bertz CT molecular complexity index is 221. The number of likely N-dealkylation sites (N-methyl/N-ethyl adjacent to an activating group) is 1. The molecule has 106 valence electrons. The van der Waals surface area contributed by atoms with E-state index in [1.54, 1.807) is 0 Å². The molecule has 1 aliphatic carbocycles. The molecule has 0 aromatic rings. The Morgan fingerprint density at radius 1 is 1.11 bits per heavy atom. The molecule has 1 unspecified atom stereocenters. The molecule has 2 aliphatic rings. The van der Waals surface area contributed by atoms with E-state index in [2.05, 4.69) is 17.3 Å². The minimum Gasteiger partial charge on any atom is -0.318 e. The molecule has 18 heavy (non-hydrogen) atoms. The minimum atomic E-state index is -0.515. The van der Waals surface area contributed by atoms with Crippen LogP contribution in [-0.4, -0.2) is 43.8 Å². The molecule has 3 heteroatoms. The summed E-state index contributed by atoms with van der Waals surface area (Å²) < 4.78 is 13.2. The van der Waals surface area contributed by atoms with Gasteiger partial charge in [-0.25, -0.2) is 4.39 Å². The Morgan fingerprint density at radius 3 is 2.39 bits per heavy atom. The van der Waals surface area contributed by atoms with Crippen LogP contribution in [0, 0.1) is 5.92 Å². The Kier molecular flexibility index (Phi) is 5.90. The largest absolute Gasteiger partial charge is 0.318 e. The number of nitrogens with zero attached hydrogens (tertiary/aromatic N) is 1. The van der Waals surface area contributed by atoms with E-state index in [0.717, 1.165) is 38.1 Å². The first-order valence-electron chi connectivity index (χ1n) is 7.82. The molecule has 1 heterocycles. The Balaban J connectivity index is 1.81. The van der Waals surface area contributed by atoms with Crippen molar-refractivity contribution in [2.75, 3.05) is 26.7 Å². The molecule has 0 aromatic heterocycles. The smallest absolute Gasteiger partial charge is 0.100 e. The summed E-state index contributed by atoms with van der Waals surface area (Å²) in [6, 6.07) is 0.677. The highest BCUT2D eigenvalue weighted by atomic mass is 19.1. The summed E-state index contributed by atoms with van der Waals surface area (Å²) in [7, 11) is 2.05. The van der Waals surface area contributed by atoms with Crippen LogP contribution >= 0.6 is 0 Å². The van der Waals surface area contributed by atoms with E-state index in [4.69, 9.17) is 0 Å². The van der Waals surface area contributed by atoms with E-state index in [-0.39, 0.29) is 0 Å². The number of piperidine rings is 1. The van der Waals surface area contributed by atoms with Crippen molar-refractivity contribution in [2.45, 2.75) is 63.6 Å². The Morgan fingerprint density at radius 2 is 1.78 bits per heavy atom. The van der Waals surface area contributed by atoms with Crippen LogP contribution in [-0.2, 0) is 0 Å². The van der Waals surface area contributed by atoms with E-state index >= 15 is 0 Å². The molecule has 0 amide bonds. The lowest BCUT2D eigenvalue weighted by molar-refractivity contribution is 0.119. The topological polar surface area (TPSA) is 15.3 Å². The fraction of sp³-hybridized carbons (Fsp3) is 1.00. The molecule has 2 fully saturated rings. The van der Waals surface area contributed by atoms with Gasteiger partial charge >= 0.3 is 0 Å². The molecule has 0 spiro atoms. The van der Waals surface area contributed by atoms with Crippen LogP contribution in [0.3, 0.4) is 0 Å². The maximum absolute atomic E-state index is 13.2. The van der Waals surface area contributed by atoms with E-state index in [0.29, 0.717) is 6.04 Å². The van der Waals surface area contributed by atoms with Gasteiger partial charge in [0.05, 0.1) is 0 Å². The van der Waals surface area contributed by atoms with Crippen molar-refractivity contribution >= 4 is 0 Å². The summed E-state index contributed by atoms with van der Waals surface area (Å²) >= 11 is 0. The molecule has 1 aliphatic heterocycles. The first-order valence-corrected chi connectivity index (χ1v) is 7.82. The highest BCUT2D eigenvalue weighted by Crippen LogP contribution is 2.30. The predicted molar refractivity (Wildman–Crippen MR) is 74.6 cm³/mol. The fourth-order valence-corrected chi connectivity index (χ4v) is 3.62. The third kappa shape index (κ3) is 4.20. The summed E-state index contributed by atoms with van der Waals surface area (Å²) in [5.41, 5.74) is 0. The molecule has 0 bridgehead atoms. The van der Waals surface area contributed by atoms with Gasteiger partial charge in [0.15, 0.2) is 0 Å². The second kappa shape index (κ2) is 7.44. The number of likely N-dealkylation sites (tertiary alicyclic amines) is 1. The number of nitrogens with one attached hydrogen (secondary N) is 1. The molecular weight excluding hydrogens is 227 g/mol. The second-order valence-electron chi connectivity index (χ2n) is 6.16. The standard InChI is InChI=1S/C15H29FN2/c1-17-12-15(18-9-3-2-4-10-18)11-13-5-7-14(16)8-6-13/h13-15,17H,2-12H2,1H3. The van der Waals surface area contributed by atoms with Gasteiger partial charge in [0.1, 0.15) is 6.17 Å². The summed E-state index contributed by atoms with van der Waals surface area (Å²) in [6.45, 7) is 3.63. The maximum atomic E-state index is 13.2. The molecule has 1 saturated carbocycles. The van der Waals surface area contributed by atoms with Crippen molar-refractivity contribution in [1.29, 1.82) is 0 Å². The number of hydrogen-bond donors (Lipinski definition) is 1. The zero-order chi connectivity index (χ0) is 12.8. The molecule has 2 rings (SSSR count). The summed E-state index contributed by atoms with van der Waals surface area (Å²) in [6.07, 6.45) is 8.69. The van der Waals surface area contributed by atoms with Crippen LogP contribution in [0.1, 0.15) is 51.4 Å². The van der Waals surface area contributed by atoms with E-state index < -0.39 is 6.17 Å². The summed E-state index contributed by atoms with van der Waals surface area (Å²) in [4.78, 5) is 2.67. The number of alkyl halides is 1. The van der Waals surface area contributed by atoms with E-state index in [9.17, 15) is 4.39 Å². The van der Waals surface area contributed by atoms with Gasteiger partial charge < -0.3 is 5.32 Å². The zero-order valence-corrected chi connectivity index (χ0v) is 11.8. The van der Waals surface area contributed by atoms with Gasteiger partial charge in [-0.3, -0.25) is 4.90 Å². The average Bonchev–Trinajstić information content (AvgIpc) is 2.42. The van der Waals surface area contributed by atoms with Crippen LogP contribution < -0.4 is 5.32 Å².